The molecule has 1 atom stereocenters. The Kier molecular flexibility index (Phi) is 5.37. The highest BCUT2D eigenvalue weighted by atomic mass is 16.4. The molecule has 112 valence electrons. The molecule has 1 rings (SSSR count). The van der Waals surface area contributed by atoms with E-state index < -0.39 is 12.0 Å². The van der Waals surface area contributed by atoms with Crippen LogP contribution >= 0.6 is 0 Å². The fourth-order valence-corrected chi connectivity index (χ4v) is 1.99. The molecule has 0 aromatic heterocycles. The van der Waals surface area contributed by atoms with Crippen LogP contribution in [-0.4, -0.2) is 40.6 Å². The highest BCUT2D eigenvalue weighted by molar-refractivity contribution is 5.76. The number of nitrogens with one attached hydrogen (secondary N) is 1. The van der Waals surface area contributed by atoms with Crippen molar-refractivity contribution in [3.8, 4) is 6.07 Å². The van der Waals surface area contributed by atoms with Crippen molar-refractivity contribution in [3.05, 3.63) is 0 Å². The van der Waals surface area contributed by atoms with Crippen LogP contribution < -0.4 is 5.32 Å². The molecular formula is C14H23N3O3. The van der Waals surface area contributed by atoms with Crippen LogP contribution in [0.25, 0.3) is 0 Å². The van der Waals surface area contributed by atoms with Crippen LogP contribution in [0, 0.1) is 16.7 Å². The number of carbonyl (C=O) groups excluding carboxylic acids is 1. The SMILES string of the molecule is CC(C)(C)C(CC(=O)O)NC(=O)N(CCC#N)C1CC1. The van der Waals surface area contributed by atoms with E-state index in [0.717, 1.165) is 12.8 Å². The van der Waals surface area contributed by atoms with E-state index in [0.29, 0.717) is 13.0 Å². The Bertz CT molecular complexity index is 405. The van der Waals surface area contributed by atoms with Gasteiger partial charge in [-0.3, -0.25) is 4.79 Å². The smallest absolute Gasteiger partial charge is 0.317 e. The van der Waals surface area contributed by atoms with Gasteiger partial charge in [0.2, 0.25) is 0 Å². The summed E-state index contributed by atoms with van der Waals surface area (Å²) >= 11 is 0. The Labute approximate surface area is 119 Å². The van der Waals surface area contributed by atoms with Gasteiger partial charge in [0.1, 0.15) is 0 Å². The second-order valence-electron chi connectivity index (χ2n) is 6.30. The standard InChI is InChI=1S/C14H23N3O3/c1-14(2,3)11(9-12(18)19)16-13(20)17(8-4-7-15)10-5-6-10/h10-11H,4-6,8-9H2,1-3H3,(H,16,20)(H,18,19). The van der Waals surface area contributed by atoms with Crippen molar-refractivity contribution >= 4 is 12.0 Å². The Morgan fingerprint density at radius 3 is 2.45 bits per heavy atom. The topological polar surface area (TPSA) is 93.4 Å². The number of hydrogen-bond acceptors (Lipinski definition) is 3. The second-order valence-corrected chi connectivity index (χ2v) is 6.30. The van der Waals surface area contributed by atoms with Crippen molar-refractivity contribution in [2.75, 3.05) is 6.54 Å². The minimum absolute atomic E-state index is 0.105. The zero-order valence-electron chi connectivity index (χ0n) is 12.3. The second kappa shape index (κ2) is 6.60. The molecule has 0 radical (unpaired) electrons. The van der Waals surface area contributed by atoms with Gasteiger partial charge in [0.25, 0.3) is 0 Å². The van der Waals surface area contributed by atoms with Crippen LogP contribution in [0.1, 0.15) is 46.5 Å². The Hall–Kier alpha value is -1.77. The molecule has 0 bridgehead atoms. The minimum Gasteiger partial charge on any atom is -0.481 e. The third-order valence-corrected chi connectivity index (χ3v) is 3.43. The highest BCUT2D eigenvalue weighted by Crippen LogP contribution is 2.28. The number of amides is 2. The van der Waals surface area contributed by atoms with Gasteiger partial charge >= 0.3 is 12.0 Å². The average molecular weight is 281 g/mol. The summed E-state index contributed by atoms with van der Waals surface area (Å²) in [5.74, 6) is -0.930. The number of nitrogens with zero attached hydrogens (tertiary/aromatic N) is 2. The Morgan fingerprint density at radius 1 is 1.45 bits per heavy atom. The van der Waals surface area contributed by atoms with Crippen LogP contribution in [0.3, 0.4) is 0 Å². The highest BCUT2D eigenvalue weighted by Gasteiger charge is 2.35. The van der Waals surface area contributed by atoms with Gasteiger partial charge < -0.3 is 15.3 Å². The molecule has 2 amide bonds. The molecule has 1 saturated carbocycles. The molecule has 20 heavy (non-hydrogen) atoms. The Balaban J connectivity index is 2.67. The lowest BCUT2D eigenvalue weighted by molar-refractivity contribution is -0.138. The predicted molar refractivity (Wildman–Crippen MR) is 74.0 cm³/mol. The molecule has 0 aromatic carbocycles. The molecular weight excluding hydrogens is 258 g/mol. The zero-order chi connectivity index (χ0) is 15.3. The molecule has 0 spiro atoms. The fourth-order valence-electron chi connectivity index (χ4n) is 1.99. The van der Waals surface area contributed by atoms with Gasteiger partial charge in [-0.05, 0) is 18.3 Å². The number of nitriles is 1. The summed E-state index contributed by atoms with van der Waals surface area (Å²) in [4.78, 5) is 24.9. The molecule has 0 saturated heterocycles. The van der Waals surface area contributed by atoms with Crippen LogP contribution in [0.4, 0.5) is 4.79 Å². The van der Waals surface area contributed by atoms with Crippen molar-refractivity contribution in [1.82, 2.24) is 10.2 Å². The van der Waals surface area contributed by atoms with Crippen molar-refractivity contribution < 1.29 is 14.7 Å². The van der Waals surface area contributed by atoms with E-state index in [1.807, 2.05) is 26.8 Å². The van der Waals surface area contributed by atoms with Crippen LogP contribution in [0.5, 0.6) is 0 Å². The lowest BCUT2D eigenvalue weighted by Crippen LogP contribution is -2.51. The zero-order valence-corrected chi connectivity index (χ0v) is 12.3. The van der Waals surface area contributed by atoms with Crippen molar-refractivity contribution in [3.63, 3.8) is 0 Å². The lowest BCUT2D eigenvalue weighted by atomic mass is 9.85. The number of carboxylic acids is 1. The van der Waals surface area contributed by atoms with Gasteiger partial charge in [-0.2, -0.15) is 5.26 Å². The summed E-state index contributed by atoms with van der Waals surface area (Å²) < 4.78 is 0. The summed E-state index contributed by atoms with van der Waals surface area (Å²) in [5, 5.41) is 20.4. The van der Waals surface area contributed by atoms with Crippen LogP contribution in [0.2, 0.25) is 0 Å². The first kappa shape index (κ1) is 16.3. The average Bonchev–Trinajstić information content (AvgIpc) is 3.11. The summed E-state index contributed by atoms with van der Waals surface area (Å²) in [6.45, 7) is 6.10. The molecule has 0 aliphatic heterocycles. The first-order chi connectivity index (χ1) is 9.25. The van der Waals surface area contributed by atoms with Gasteiger partial charge in [-0.15, -0.1) is 0 Å². The molecule has 1 aliphatic rings. The number of aliphatic carboxylic acids is 1. The molecule has 2 N–H and O–H groups in total. The van der Waals surface area contributed by atoms with Gasteiger partial charge in [0.15, 0.2) is 0 Å². The quantitative estimate of drug-likeness (QED) is 0.778. The fraction of sp³-hybridized carbons (Fsp3) is 0.786. The summed E-state index contributed by atoms with van der Waals surface area (Å²) in [5.41, 5.74) is -0.335. The van der Waals surface area contributed by atoms with E-state index in [1.54, 1.807) is 4.90 Å². The van der Waals surface area contributed by atoms with E-state index >= 15 is 0 Å². The lowest BCUT2D eigenvalue weighted by Gasteiger charge is -2.33. The van der Waals surface area contributed by atoms with E-state index in [9.17, 15) is 9.59 Å². The molecule has 6 heteroatoms. The normalized spacial score (nSPS) is 16.1. The number of carboxylic acid groups (broad SMARTS) is 1. The molecule has 1 unspecified atom stereocenters. The van der Waals surface area contributed by atoms with Crippen molar-refractivity contribution in [1.29, 1.82) is 5.26 Å². The van der Waals surface area contributed by atoms with Crippen molar-refractivity contribution in [2.45, 2.75) is 58.5 Å². The number of urea groups is 1. The first-order valence-corrected chi connectivity index (χ1v) is 6.91. The van der Waals surface area contributed by atoms with Gasteiger partial charge in [0, 0.05) is 18.6 Å². The third-order valence-electron chi connectivity index (χ3n) is 3.43. The maximum Gasteiger partial charge on any atom is 0.317 e. The van der Waals surface area contributed by atoms with E-state index in [1.165, 1.54) is 0 Å². The molecule has 0 heterocycles. The Morgan fingerprint density at radius 2 is 2.05 bits per heavy atom. The number of rotatable bonds is 6. The molecule has 0 aromatic rings. The van der Waals surface area contributed by atoms with Crippen molar-refractivity contribution in [2.24, 2.45) is 5.41 Å². The molecule has 1 aliphatic carbocycles. The summed E-state index contributed by atoms with van der Waals surface area (Å²) in [6, 6.07) is 1.54. The first-order valence-electron chi connectivity index (χ1n) is 6.91. The maximum absolute atomic E-state index is 12.3. The summed E-state index contributed by atoms with van der Waals surface area (Å²) in [7, 11) is 0. The predicted octanol–water partition coefficient (Wildman–Crippen LogP) is 1.96. The van der Waals surface area contributed by atoms with E-state index in [2.05, 4.69) is 5.32 Å². The van der Waals surface area contributed by atoms with E-state index in [4.69, 9.17) is 10.4 Å². The minimum atomic E-state index is -0.930. The van der Waals surface area contributed by atoms with Gasteiger partial charge in [0.05, 0.1) is 18.9 Å². The van der Waals surface area contributed by atoms with Gasteiger partial charge in [-0.25, -0.2) is 4.79 Å². The number of carbonyl (C=O) groups is 2. The van der Waals surface area contributed by atoms with Crippen LogP contribution in [-0.2, 0) is 4.79 Å². The van der Waals surface area contributed by atoms with Crippen LogP contribution in [0.15, 0.2) is 0 Å². The molecule has 6 nitrogen and oxygen atoms in total. The maximum atomic E-state index is 12.3. The number of hydrogen-bond donors (Lipinski definition) is 2. The summed E-state index contributed by atoms with van der Waals surface area (Å²) in [6.07, 6.45) is 2.10. The third kappa shape index (κ3) is 5.08. The largest absolute Gasteiger partial charge is 0.481 e. The monoisotopic (exact) mass is 281 g/mol. The molecule has 1 fully saturated rings. The van der Waals surface area contributed by atoms with Gasteiger partial charge in [-0.1, -0.05) is 20.8 Å². The van der Waals surface area contributed by atoms with E-state index in [-0.39, 0.29) is 23.9 Å².